The number of halogens is 1. The van der Waals surface area contributed by atoms with Crippen LogP contribution in [0.4, 0.5) is 4.39 Å². The van der Waals surface area contributed by atoms with Gasteiger partial charge >= 0.3 is 0 Å². The molecule has 0 aliphatic rings. The normalized spacial score (nSPS) is 12.5. The second-order valence-corrected chi connectivity index (χ2v) is 5.90. The molecule has 0 amide bonds. The molecule has 0 fully saturated rings. The van der Waals surface area contributed by atoms with Crippen LogP contribution in [-0.2, 0) is 6.54 Å². The lowest BCUT2D eigenvalue weighted by molar-refractivity contribution is 0.0914. The van der Waals surface area contributed by atoms with Crippen molar-refractivity contribution in [2.45, 2.75) is 12.6 Å². The highest BCUT2D eigenvalue weighted by Gasteiger charge is 2.15. The number of aliphatic hydroxyl groups is 1. The number of para-hydroxylation sites is 1. The smallest absolute Gasteiger partial charge is 0.297 e. The first-order valence-corrected chi connectivity index (χ1v) is 8.05. The summed E-state index contributed by atoms with van der Waals surface area (Å²) in [5.74, 6) is 0.0679. The van der Waals surface area contributed by atoms with Gasteiger partial charge in [-0.05, 0) is 36.4 Å². The zero-order valence-corrected chi connectivity index (χ0v) is 13.6. The van der Waals surface area contributed by atoms with Crippen molar-refractivity contribution in [1.29, 1.82) is 0 Å². The van der Waals surface area contributed by atoms with Crippen LogP contribution in [0, 0.1) is 5.82 Å². The number of hydrogen-bond acceptors (Lipinski definition) is 5. The van der Waals surface area contributed by atoms with Crippen LogP contribution in [0.1, 0.15) is 0 Å². The van der Waals surface area contributed by atoms with Crippen LogP contribution in [0.15, 0.2) is 64.1 Å². The topological polar surface area (TPSA) is 77.5 Å². The highest BCUT2D eigenvalue weighted by atomic mass is 19.1. The Morgan fingerprint density at radius 2 is 1.96 bits per heavy atom. The molecule has 0 saturated carbocycles. The highest BCUT2D eigenvalue weighted by Crippen LogP contribution is 2.24. The summed E-state index contributed by atoms with van der Waals surface area (Å²) in [6.45, 7) is -0.0454. The Morgan fingerprint density at radius 1 is 1.19 bits per heavy atom. The van der Waals surface area contributed by atoms with Crippen LogP contribution in [-0.4, -0.2) is 27.4 Å². The number of rotatable bonds is 5. The number of furan rings is 1. The van der Waals surface area contributed by atoms with Crippen LogP contribution >= 0.6 is 0 Å². The average molecular weight is 354 g/mol. The lowest BCUT2D eigenvalue weighted by Gasteiger charge is -2.13. The highest BCUT2D eigenvalue weighted by molar-refractivity contribution is 6.01. The fraction of sp³-hybridized carbons (Fsp3) is 0.158. The zero-order chi connectivity index (χ0) is 18.1. The van der Waals surface area contributed by atoms with Crippen molar-refractivity contribution >= 4 is 22.1 Å². The van der Waals surface area contributed by atoms with E-state index in [4.69, 9.17) is 9.15 Å². The molecule has 0 aliphatic heterocycles. The van der Waals surface area contributed by atoms with E-state index in [1.807, 2.05) is 18.2 Å². The van der Waals surface area contributed by atoms with Crippen LogP contribution in [0.25, 0.3) is 22.1 Å². The Balaban J connectivity index is 1.53. The standard InChI is InChI=1S/C19H15FN2O4/c20-12-5-7-14(8-6-12)25-10-13(23)9-22-11-21-17-15-3-1-2-4-16(15)26-18(17)19(22)24/h1-8,11,13,23H,9-10H2/t13-/m0/s1. The average Bonchev–Trinajstić information content (AvgIpc) is 3.03. The van der Waals surface area contributed by atoms with Crippen molar-refractivity contribution in [2.75, 3.05) is 6.61 Å². The molecule has 7 heteroatoms. The fourth-order valence-electron chi connectivity index (χ4n) is 2.75. The third kappa shape index (κ3) is 3.04. The van der Waals surface area contributed by atoms with Gasteiger partial charge in [-0.15, -0.1) is 0 Å². The molecule has 0 radical (unpaired) electrons. The van der Waals surface area contributed by atoms with Gasteiger partial charge in [0.1, 0.15) is 35.4 Å². The van der Waals surface area contributed by atoms with Crippen LogP contribution in [0.3, 0.4) is 0 Å². The first-order valence-electron chi connectivity index (χ1n) is 8.05. The van der Waals surface area contributed by atoms with Gasteiger partial charge in [0.2, 0.25) is 5.58 Å². The lowest BCUT2D eigenvalue weighted by atomic mass is 10.2. The molecule has 4 rings (SSSR count). The monoisotopic (exact) mass is 354 g/mol. The molecule has 0 bridgehead atoms. The van der Waals surface area contributed by atoms with E-state index >= 15 is 0 Å². The van der Waals surface area contributed by atoms with E-state index in [-0.39, 0.29) is 30.1 Å². The number of benzene rings is 2. The second-order valence-electron chi connectivity index (χ2n) is 5.90. The van der Waals surface area contributed by atoms with Crippen LogP contribution < -0.4 is 10.3 Å². The van der Waals surface area contributed by atoms with Crippen molar-refractivity contribution < 1.29 is 18.7 Å². The summed E-state index contributed by atoms with van der Waals surface area (Å²) in [5, 5.41) is 10.9. The quantitative estimate of drug-likeness (QED) is 0.596. The first kappa shape index (κ1) is 16.3. The van der Waals surface area contributed by atoms with Crippen molar-refractivity contribution in [3.63, 3.8) is 0 Å². The molecule has 2 heterocycles. The van der Waals surface area contributed by atoms with Gasteiger partial charge in [-0.2, -0.15) is 0 Å². The Morgan fingerprint density at radius 3 is 2.77 bits per heavy atom. The molecule has 0 aliphatic carbocycles. The molecule has 26 heavy (non-hydrogen) atoms. The van der Waals surface area contributed by atoms with Crippen molar-refractivity contribution in [1.82, 2.24) is 9.55 Å². The second kappa shape index (κ2) is 6.61. The number of aromatic nitrogens is 2. The number of hydrogen-bond donors (Lipinski definition) is 1. The molecule has 2 aromatic heterocycles. The van der Waals surface area contributed by atoms with E-state index in [9.17, 15) is 14.3 Å². The molecule has 0 unspecified atom stereocenters. The third-order valence-electron chi connectivity index (χ3n) is 4.01. The maximum Gasteiger partial charge on any atom is 0.297 e. The number of nitrogens with zero attached hydrogens (tertiary/aromatic N) is 2. The van der Waals surface area contributed by atoms with Crippen molar-refractivity contribution in [2.24, 2.45) is 0 Å². The van der Waals surface area contributed by atoms with Crippen LogP contribution in [0.5, 0.6) is 5.75 Å². The zero-order valence-electron chi connectivity index (χ0n) is 13.6. The molecule has 132 valence electrons. The Kier molecular flexibility index (Phi) is 4.14. The van der Waals surface area contributed by atoms with Gasteiger partial charge < -0.3 is 14.3 Å². The minimum Gasteiger partial charge on any atom is -0.491 e. The summed E-state index contributed by atoms with van der Waals surface area (Å²) in [5.41, 5.74) is 0.872. The van der Waals surface area contributed by atoms with Gasteiger partial charge in [0.05, 0.1) is 12.9 Å². The molecule has 0 spiro atoms. The SMILES string of the molecule is O=c1c2oc3ccccc3c2ncn1C[C@H](O)COc1ccc(F)cc1. The summed E-state index contributed by atoms with van der Waals surface area (Å²) in [4.78, 5) is 16.9. The van der Waals surface area contributed by atoms with Crippen LogP contribution in [0.2, 0.25) is 0 Å². The molecule has 1 atom stereocenters. The largest absolute Gasteiger partial charge is 0.491 e. The number of aliphatic hydroxyl groups excluding tert-OH is 1. The maximum atomic E-state index is 12.9. The molecule has 2 aromatic carbocycles. The summed E-state index contributed by atoms with van der Waals surface area (Å²) in [6, 6.07) is 12.8. The van der Waals surface area contributed by atoms with Gasteiger partial charge in [-0.1, -0.05) is 12.1 Å². The minimum atomic E-state index is -0.943. The Bertz CT molecular complexity index is 1120. The molecular weight excluding hydrogens is 339 g/mol. The predicted molar refractivity (Wildman–Crippen MR) is 93.7 cm³/mol. The van der Waals surface area contributed by atoms with Crippen molar-refractivity contribution in [3.05, 3.63) is 71.0 Å². The summed E-state index contributed by atoms with van der Waals surface area (Å²) < 4.78 is 25.1. The molecule has 1 N–H and O–H groups in total. The van der Waals surface area contributed by atoms with Gasteiger partial charge in [-0.3, -0.25) is 9.36 Å². The Hall–Kier alpha value is -3.19. The minimum absolute atomic E-state index is 0.0000131. The third-order valence-corrected chi connectivity index (χ3v) is 4.01. The first-order chi connectivity index (χ1) is 12.6. The van der Waals surface area contributed by atoms with E-state index in [0.29, 0.717) is 16.8 Å². The van der Waals surface area contributed by atoms with E-state index in [2.05, 4.69) is 4.98 Å². The Labute approximate surface area is 147 Å². The maximum absolute atomic E-state index is 12.9. The summed E-state index contributed by atoms with van der Waals surface area (Å²) in [7, 11) is 0. The number of ether oxygens (including phenoxy) is 1. The van der Waals surface area contributed by atoms with Gasteiger partial charge in [0, 0.05) is 5.39 Å². The molecular formula is C19H15FN2O4. The van der Waals surface area contributed by atoms with E-state index < -0.39 is 6.10 Å². The van der Waals surface area contributed by atoms with E-state index in [1.54, 1.807) is 6.07 Å². The van der Waals surface area contributed by atoms with E-state index in [1.165, 1.54) is 35.2 Å². The van der Waals surface area contributed by atoms with Crippen molar-refractivity contribution in [3.8, 4) is 5.75 Å². The van der Waals surface area contributed by atoms with Gasteiger partial charge in [-0.25, -0.2) is 9.37 Å². The summed E-state index contributed by atoms with van der Waals surface area (Å²) >= 11 is 0. The van der Waals surface area contributed by atoms with Gasteiger partial charge in [0.25, 0.3) is 5.56 Å². The summed E-state index contributed by atoms with van der Waals surface area (Å²) in [6.07, 6.45) is 0.440. The molecule has 6 nitrogen and oxygen atoms in total. The molecule has 0 saturated heterocycles. The molecule has 4 aromatic rings. The number of fused-ring (bicyclic) bond motifs is 3. The van der Waals surface area contributed by atoms with Gasteiger partial charge in [0.15, 0.2) is 0 Å². The van der Waals surface area contributed by atoms with E-state index in [0.717, 1.165) is 5.39 Å². The lowest BCUT2D eigenvalue weighted by Crippen LogP contribution is -2.30. The fourth-order valence-corrected chi connectivity index (χ4v) is 2.75. The predicted octanol–water partition coefficient (Wildman–Crippen LogP) is 2.72.